The fraction of sp³-hybridized carbons (Fsp3) is 0.400. The number of amides is 2. The Hall–Kier alpha value is -3.73. The first-order chi connectivity index (χ1) is 17.3. The molecule has 0 bridgehead atoms. The van der Waals surface area contributed by atoms with Crippen LogP contribution in [-0.4, -0.2) is 66.8 Å². The summed E-state index contributed by atoms with van der Waals surface area (Å²) in [7, 11) is 0. The Morgan fingerprint density at radius 2 is 1.83 bits per heavy atom. The highest BCUT2D eigenvalue weighted by atomic mass is 19.1. The van der Waals surface area contributed by atoms with E-state index in [9.17, 15) is 19.5 Å². The molecule has 9 nitrogen and oxygen atoms in total. The van der Waals surface area contributed by atoms with Crippen LogP contribution in [0, 0.1) is 11.6 Å². The zero-order chi connectivity index (χ0) is 25.8. The summed E-state index contributed by atoms with van der Waals surface area (Å²) in [6, 6.07) is 8.16. The lowest BCUT2D eigenvalue weighted by molar-refractivity contribution is -0.119. The van der Waals surface area contributed by atoms with E-state index in [4.69, 9.17) is 9.57 Å². The van der Waals surface area contributed by atoms with E-state index in [1.807, 2.05) is 0 Å². The molecule has 2 saturated heterocycles. The molecule has 11 heteroatoms. The Bertz CT molecular complexity index is 1140. The number of benzene rings is 2. The van der Waals surface area contributed by atoms with Crippen molar-refractivity contribution in [2.24, 2.45) is 0 Å². The summed E-state index contributed by atoms with van der Waals surface area (Å²) in [4.78, 5) is 44.6. The second-order valence-electron chi connectivity index (χ2n) is 8.55. The number of hydrogen-bond acceptors (Lipinski definition) is 7. The maximum absolute atomic E-state index is 15.1. The third kappa shape index (κ3) is 5.40. The van der Waals surface area contributed by atoms with Gasteiger partial charge in [-0.15, -0.1) is 0 Å². The summed E-state index contributed by atoms with van der Waals surface area (Å²) >= 11 is 0. The van der Waals surface area contributed by atoms with E-state index >= 15 is 8.78 Å². The molecule has 1 N–H and O–H groups in total. The zero-order valence-electron chi connectivity index (χ0n) is 19.8. The van der Waals surface area contributed by atoms with Crippen molar-refractivity contribution in [2.45, 2.75) is 32.3 Å². The molecule has 36 heavy (non-hydrogen) atoms. The second-order valence-corrected chi connectivity index (χ2v) is 8.55. The first-order valence-electron chi connectivity index (χ1n) is 11.7. The van der Waals surface area contributed by atoms with E-state index in [-0.39, 0.29) is 67.7 Å². The van der Waals surface area contributed by atoms with E-state index in [1.54, 1.807) is 19.1 Å². The highest BCUT2D eigenvalue weighted by Gasteiger charge is 2.34. The van der Waals surface area contributed by atoms with Crippen LogP contribution in [0.3, 0.4) is 0 Å². The first kappa shape index (κ1) is 25.4. The van der Waals surface area contributed by atoms with E-state index in [1.165, 1.54) is 17.0 Å². The van der Waals surface area contributed by atoms with Crippen molar-refractivity contribution < 1.29 is 37.8 Å². The van der Waals surface area contributed by atoms with Crippen LogP contribution in [0.4, 0.5) is 25.0 Å². The number of aromatic hydroxyl groups is 1. The van der Waals surface area contributed by atoms with Gasteiger partial charge in [-0.2, -0.15) is 0 Å². The lowest BCUT2D eigenvalue weighted by Gasteiger charge is -2.24. The molecule has 0 spiro atoms. The van der Waals surface area contributed by atoms with Crippen molar-refractivity contribution in [1.82, 2.24) is 5.06 Å². The summed E-state index contributed by atoms with van der Waals surface area (Å²) in [5.74, 6) is -2.45. The number of carbonyl (C=O) groups excluding carboxylic acids is 3. The summed E-state index contributed by atoms with van der Waals surface area (Å²) in [5.41, 5.74) is -0.218. The summed E-state index contributed by atoms with van der Waals surface area (Å²) in [6.07, 6.45) is -0.248. The van der Waals surface area contributed by atoms with Crippen molar-refractivity contribution in [3.05, 3.63) is 53.6 Å². The van der Waals surface area contributed by atoms with E-state index in [2.05, 4.69) is 0 Å². The average Bonchev–Trinajstić information content (AvgIpc) is 3.06. The van der Waals surface area contributed by atoms with Gasteiger partial charge in [0.2, 0.25) is 0 Å². The van der Waals surface area contributed by atoms with Gasteiger partial charge in [0.15, 0.2) is 11.6 Å². The Morgan fingerprint density at radius 3 is 2.53 bits per heavy atom. The molecule has 2 aromatic carbocycles. The predicted octanol–water partition coefficient (Wildman–Crippen LogP) is 3.65. The van der Waals surface area contributed by atoms with Crippen LogP contribution in [0.1, 0.15) is 36.5 Å². The lowest BCUT2D eigenvalue weighted by Crippen LogP contribution is -2.35. The minimum absolute atomic E-state index is 0.00438. The highest BCUT2D eigenvalue weighted by Crippen LogP contribution is 2.32. The number of phenolic OH excluding ortho intramolecular Hbond substituents is 1. The van der Waals surface area contributed by atoms with Crippen LogP contribution < -0.4 is 9.80 Å². The van der Waals surface area contributed by atoms with Crippen LogP contribution in [0.25, 0.3) is 0 Å². The van der Waals surface area contributed by atoms with Gasteiger partial charge < -0.3 is 14.7 Å². The van der Waals surface area contributed by atoms with Crippen molar-refractivity contribution in [2.75, 3.05) is 42.6 Å². The van der Waals surface area contributed by atoms with E-state index < -0.39 is 29.7 Å². The molecule has 1 atom stereocenters. The first-order valence-corrected chi connectivity index (χ1v) is 11.7. The molecule has 0 saturated carbocycles. The number of carbonyl (C=O) groups is 3. The van der Waals surface area contributed by atoms with Gasteiger partial charge in [0.1, 0.15) is 23.3 Å². The van der Waals surface area contributed by atoms with Gasteiger partial charge >= 0.3 is 6.09 Å². The quantitative estimate of drug-likeness (QED) is 0.616. The van der Waals surface area contributed by atoms with Gasteiger partial charge in [0, 0.05) is 38.1 Å². The Balaban J connectivity index is 1.44. The number of hydrogen-bond donors (Lipinski definition) is 1. The minimum atomic E-state index is -0.872. The topological polar surface area (TPSA) is 99.6 Å². The average molecular weight is 504 g/mol. The summed E-state index contributed by atoms with van der Waals surface area (Å²) in [6.45, 7) is 2.02. The molecule has 2 aromatic rings. The monoisotopic (exact) mass is 503 g/mol. The van der Waals surface area contributed by atoms with Gasteiger partial charge in [0.25, 0.3) is 5.91 Å². The van der Waals surface area contributed by atoms with E-state index in [0.717, 1.165) is 22.1 Å². The summed E-state index contributed by atoms with van der Waals surface area (Å²) in [5, 5.41) is 11.0. The maximum Gasteiger partial charge on any atom is 0.414 e. The van der Waals surface area contributed by atoms with Gasteiger partial charge in [-0.25, -0.2) is 18.6 Å². The van der Waals surface area contributed by atoms with Crippen LogP contribution in [0.5, 0.6) is 5.75 Å². The Morgan fingerprint density at radius 1 is 1.11 bits per heavy atom. The molecule has 2 fully saturated rings. The number of anilines is 2. The zero-order valence-corrected chi connectivity index (χ0v) is 19.8. The highest BCUT2D eigenvalue weighted by molar-refractivity contribution is 5.96. The molecule has 0 unspecified atom stereocenters. The van der Waals surface area contributed by atoms with Crippen LogP contribution in [0.2, 0.25) is 0 Å². The van der Waals surface area contributed by atoms with Gasteiger partial charge in [0.05, 0.1) is 30.9 Å². The maximum atomic E-state index is 15.1. The number of hydroxylamine groups is 2. The number of nitrogens with zero attached hydrogens (tertiary/aromatic N) is 3. The number of Topliss-reactive ketones (excluding diaryl/α,β-unsaturated/α-hetero) is 1. The Kier molecular flexibility index (Phi) is 7.68. The lowest BCUT2D eigenvalue weighted by atomic mass is 10.1. The molecule has 2 amide bonds. The van der Waals surface area contributed by atoms with Crippen molar-refractivity contribution in [1.29, 1.82) is 0 Å². The Labute approximate surface area is 206 Å². The van der Waals surface area contributed by atoms with Crippen molar-refractivity contribution >= 4 is 29.2 Å². The molecule has 0 aromatic heterocycles. The molecule has 0 radical (unpaired) electrons. The third-order valence-electron chi connectivity index (χ3n) is 6.19. The number of para-hydroxylation sites is 1. The second kappa shape index (κ2) is 10.9. The molecule has 2 aliphatic heterocycles. The van der Waals surface area contributed by atoms with Crippen LogP contribution in [0.15, 0.2) is 36.4 Å². The van der Waals surface area contributed by atoms with Gasteiger partial charge in [-0.3, -0.25) is 19.3 Å². The number of halogens is 2. The van der Waals surface area contributed by atoms with Crippen LogP contribution >= 0.6 is 0 Å². The molecule has 2 aliphatic rings. The van der Waals surface area contributed by atoms with Crippen molar-refractivity contribution in [3.63, 3.8) is 0 Å². The molecule has 0 aliphatic carbocycles. The fourth-order valence-electron chi connectivity index (χ4n) is 4.21. The molecular formula is C25H27F2N3O6. The molecule has 4 rings (SSSR count). The summed E-state index contributed by atoms with van der Waals surface area (Å²) < 4.78 is 35.5. The molecule has 2 heterocycles. The number of ketones is 1. The number of ether oxygens (including phenoxy) is 1. The number of rotatable bonds is 7. The van der Waals surface area contributed by atoms with Gasteiger partial charge in [-0.05, 0) is 18.6 Å². The van der Waals surface area contributed by atoms with Crippen molar-refractivity contribution in [3.8, 4) is 5.75 Å². The number of cyclic esters (lactones) is 1. The standard InChI is InChI=1S/C25H27F2N3O6/c1-2-17(31)7-8-18-15-29(25(34)36-18)16-13-20(26)23(21(27)14-16)28-9-10-30(35-12-11-28)24(33)19-5-3-4-6-22(19)32/h3-6,13-14,18,32H,2,7-12,15H2,1H3/t18-/m0/s1. The third-order valence-corrected chi connectivity index (χ3v) is 6.19. The molecule has 192 valence electrons. The largest absolute Gasteiger partial charge is 0.507 e. The SMILES string of the molecule is CCC(=O)CC[C@H]1CN(c2cc(F)c(N3CCON(C(=O)c4ccccc4O)CC3)c(F)c2)C(=O)O1. The fourth-order valence-corrected chi connectivity index (χ4v) is 4.21. The normalized spacial score (nSPS) is 18.2. The van der Waals surface area contributed by atoms with Gasteiger partial charge in [-0.1, -0.05) is 19.1 Å². The predicted molar refractivity (Wildman–Crippen MR) is 126 cm³/mol. The molecular weight excluding hydrogens is 476 g/mol. The minimum Gasteiger partial charge on any atom is -0.507 e. The number of phenols is 1. The smallest absolute Gasteiger partial charge is 0.414 e. The van der Waals surface area contributed by atoms with E-state index in [0.29, 0.717) is 12.8 Å². The van der Waals surface area contributed by atoms with Crippen LogP contribution in [-0.2, 0) is 14.4 Å².